The Morgan fingerprint density at radius 3 is 2.20 bits per heavy atom. The van der Waals surface area contributed by atoms with Crippen molar-refractivity contribution < 1.29 is 28.8 Å². The number of hydrogen-bond acceptors (Lipinski definition) is 5. The van der Waals surface area contributed by atoms with Crippen molar-refractivity contribution in [2.45, 2.75) is 31.8 Å². The minimum absolute atomic E-state index is 0.0347. The second kappa shape index (κ2) is 10.1. The number of nitrogens with zero attached hydrogens (tertiary/aromatic N) is 1. The molecule has 0 aliphatic heterocycles. The molecule has 0 spiro atoms. The molecule has 0 aromatic heterocycles. The number of benzene rings is 2. The number of rotatable bonds is 9. The van der Waals surface area contributed by atoms with E-state index in [0.717, 1.165) is 0 Å². The van der Waals surface area contributed by atoms with E-state index in [-0.39, 0.29) is 18.5 Å². The number of nitro benzene ring substituents is 1. The van der Waals surface area contributed by atoms with Crippen LogP contribution >= 0.6 is 0 Å². The van der Waals surface area contributed by atoms with Crippen LogP contribution in [-0.4, -0.2) is 39.9 Å². The van der Waals surface area contributed by atoms with Crippen molar-refractivity contribution in [3.63, 3.8) is 0 Å². The van der Waals surface area contributed by atoms with E-state index in [0.29, 0.717) is 11.1 Å². The molecule has 158 valence electrons. The van der Waals surface area contributed by atoms with Gasteiger partial charge in [0.25, 0.3) is 5.69 Å². The van der Waals surface area contributed by atoms with Crippen molar-refractivity contribution >= 4 is 23.5 Å². The third-order valence-corrected chi connectivity index (χ3v) is 4.22. The second-order valence-electron chi connectivity index (χ2n) is 6.61. The molecule has 2 atom stereocenters. The van der Waals surface area contributed by atoms with Crippen LogP contribution < -0.4 is 10.6 Å². The van der Waals surface area contributed by atoms with Gasteiger partial charge in [-0.25, -0.2) is 9.18 Å². The molecule has 2 aromatic rings. The lowest BCUT2D eigenvalue weighted by Gasteiger charge is -2.21. The Hall–Kier alpha value is -3.82. The average molecular weight is 417 g/mol. The molecule has 0 fully saturated rings. The number of nitrogens with one attached hydrogen (secondary N) is 2. The molecule has 30 heavy (non-hydrogen) atoms. The van der Waals surface area contributed by atoms with Crippen LogP contribution in [0.2, 0.25) is 0 Å². The summed E-state index contributed by atoms with van der Waals surface area (Å²) in [7, 11) is 0. The molecule has 2 rings (SSSR count). The lowest BCUT2D eigenvalue weighted by atomic mass is 10.0. The molecule has 0 unspecified atom stereocenters. The summed E-state index contributed by atoms with van der Waals surface area (Å²) in [4.78, 5) is 45.9. The number of carbonyl (C=O) groups excluding carboxylic acids is 2. The van der Waals surface area contributed by atoms with Gasteiger partial charge in [0.1, 0.15) is 17.9 Å². The molecule has 3 N–H and O–H groups in total. The van der Waals surface area contributed by atoms with Crippen LogP contribution in [0.3, 0.4) is 0 Å². The first-order chi connectivity index (χ1) is 14.2. The van der Waals surface area contributed by atoms with Crippen LogP contribution in [0.15, 0.2) is 48.5 Å². The molecule has 0 radical (unpaired) electrons. The highest BCUT2D eigenvalue weighted by atomic mass is 19.1. The van der Waals surface area contributed by atoms with E-state index in [1.54, 1.807) is 6.07 Å². The number of carbonyl (C=O) groups is 3. The number of carboxylic acids is 1. The number of nitro groups is 1. The van der Waals surface area contributed by atoms with E-state index in [1.807, 2.05) is 0 Å². The minimum Gasteiger partial charge on any atom is -0.480 e. The standard InChI is InChI=1S/C20H20FN3O6/c1-12(25)22-17(11-14-3-2-4-15(21)9-14)19(26)23-18(20(27)28)10-13-5-7-16(8-6-13)24(29)30/h2-9,17-18H,10-11H2,1H3,(H,22,25)(H,23,26)(H,27,28)/t17-,18-/m1/s1. The Labute approximate surface area is 171 Å². The van der Waals surface area contributed by atoms with Gasteiger partial charge < -0.3 is 15.7 Å². The number of non-ortho nitro benzene ring substituents is 1. The Morgan fingerprint density at radius 2 is 1.67 bits per heavy atom. The monoisotopic (exact) mass is 417 g/mol. The predicted molar refractivity (Wildman–Crippen MR) is 104 cm³/mol. The molecule has 0 aliphatic rings. The summed E-state index contributed by atoms with van der Waals surface area (Å²) in [5.41, 5.74) is 0.774. The van der Waals surface area contributed by atoms with Gasteiger partial charge in [-0.15, -0.1) is 0 Å². The maximum atomic E-state index is 13.4. The summed E-state index contributed by atoms with van der Waals surface area (Å²) in [5.74, 6) is -3.07. The van der Waals surface area contributed by atoms with Gasteiger partial charge in [-0.1, -0.05) is 24.3 Å². The molecular weight excluding hydrogens is 397 g/mol. The van der Waals surface area contributed by atoms with Crippen molar-refractivity contribution in [3.05, 3.63) is 75.6 Å². The zero-order valence-corrected chi connectivity index (χ0v) is 16.0. The molecule has 0 saturated heterocycles. The normalized spacial score (nSPS) is 12.5. The van der Waals surface area contributed by atoms with E-state index in [1.165, 1.54) is 49.4 Å². The highest BCUT2D eigenvalue weighted by Crippen LogP contribution is 2.14. The van der Waals surface area contributed by atoms with Gasteiger partial charge in [-0.3, -0.25) is 19.7 Å². The lowest BCUT2D eigenvalue weighted by Crippen LogP contribution is -2.52. The van der Waals surface area contributed by atoms with Crippen molar-refractivity contribution in [3.8, 4) is 0 Å². The Morgan fingerprint density at radius 1 is 1.03 bits per heavy atom. The van der Waals surface area contributed by atoms with E-state index < -0.39 is 40.6 Å². The maximum Gasteiger partial charge on any atom is 0.326 e. The molecule has 0 saturated carbocycles. The molecule has 0 heterocycles. The third-order valence-electron chi connectivity index (χ3n) is 4.22. The van der Waals surface area contributed by atoms with Crippen LogP contribution in [-0.2, 0) is 27.2 Å². The van der Waals surface area contributed by atoms with Gasteiger partial charge in [0.15, 0.2) is 0 Å². The van der Waals surface area contributed by atoms with E-state index in [9.17, 15) is 34.0 Å². The molecule has 0 aliphatic carbocycles. The summed E-state index contributed by atoms with van der Waals surface area (Å²) < 4.78 is 13.4. The fourth-order valence-electron chi connectivity index (χ4n) is 2.82. The van der Waals surface area contributed by atoms with E-state index in [4.69, 9.17) is 0 Å². The first kappa shape index (κ1) is 22.5. The van der Waals surface area contributed by atoms with Crippen LogP contribution in [0.4, 0.5) is 10.1 Å². The first-order valence-electron chi connectivity index (χ1n) is 8.93. The number of halogens is 1. The van der Waals surface area contributed by atoms with Crippen LogP contribution in [0.5, 0.6) is 0 Å². The highest BCUT2D eigenvalue weighted by Gasteiger charge is 2.26. The highest BCUT2D eigenvalue weighted by molar-refractivity contribution is 5.90. The topological polar surface area (TPSA) is 139 Å². The minimum atomic E-state index is -1.33. The zero-order valence-electron chi connectivity index (χ0n) is 16.0. The Kier molecular flexibility index (Phi) is 7.56. The third kappa shape index (κ3) is 6.66. The Balaban J connectivity index is 2.13. The molecule has 10 heteroatoms. The number of hydrogen-bond donors (Lipinski definition) is 3. The van der Waals surface area contributed by atoms with Crippen LogP contribution in [0.25, 0.3) is 0 Å². The predicted octanol–water partition coefficient (Wildman–Crippen LogP) is 1.59. The summed E-state index contributed by atoms with van der Waals surface area (Å²) in [5, 5.41) is 25.0. The second-order valence-corrected chi connectivity index (χ2v) is 6.61. The van der Waals surface area contributed by atoms with E-state index in [2.05, 4.69) is 10.6 Å². The van der Waals surface area contributed by atoms with Gasteiger partial charge in [-0.05, 0) is 23.3 Å². The molecular formula is C20H20FN3O6. The smallest absolute Gasteiger partial charge is 0.326 e. The van der Waals surface area contributed by atoms with Crippen LogP contribution in [0, 0.1) is 15.9 Å². The van der Waals surface area contributed by atoms with E-state index >= 15 is 0 Å². The quantitative estimate of drug-likeness (QED) is 0.418. The summed E-state index contributed by atoms with van der Waals surface area (Å²) >= 11 is 0. The number of aliphatic carboxylic acids is 1. The SMILES string of the molecule is CC(=O)N[C@H](Cc1cccc(F)c1)C(=O)N[C@H](Cc1ccc([N+](=O)[O-])cc1)C(=O)O. The van der Waals surface area contributed by atoms with Gasteiger partial charge in [-0.2, -0.15) is 0 Å². The maximum absolute atomic E-state index is 13.4. The average Bonchev–Trinajstić information content (AvgIpc) is 2.67. The molecule has 0 bridgehead atoms. The van der Waals surface area contributed by atoms with Gasteiger partial charge in [0.05, 0.1) is 4.92 Å². The Bertz CT molecular complexity index is 948. The van der Waals surface area contributed by atoms with Crippen molar-refractivity contribution in [1.29, 1.82) is 0 Å². The van der Waals surface area contributed by atoms with Gasteiger partial charge in [0.2, 0.25) is 11.8 Å². The van der Waals surface area contributed by atoms with Crippen molar-refractivity contribution in [2.75, 3.05) is 0 Å². The molecule has 9 nitrogen and oxygen atoms in total. The zero-order chi connectivity index (χ0) is 22.3. The van der Waals surface area contributed by atoms with Crippen molar-refractivity contribution in [1.82, 2.24) is 10.6 Å². The van der Waals surface area contributed by atoms with Crippen molar-refractivity contribution in [2.24, 2.45) is 0 Å². The summed E-state index contributed by atoms with van der Waals surface area (Å²) in [6.07, 6.45) is -0.154. The molecule has 2 aromatic carbocycles. The summed E-state index contributed by atoms with van der Waals surface area (Å²) in [6.45, 7) is 1.21. The van der Waals surface area contributed by atoms with Crippen LogP contribution in [0.1, 0.15) is 18.1 Å². The number of carboxylic acid groups (broad SMARTS) is 1. The largest absolute Gasteiger partial charge is 0.480 e. The van der Waals surface area contributed by atoms with Gasteiger partial charge in [0, 0.05) is 31.9 Å². The lowest BCUT2D eigenvalue weighted by molar-refractivity contribution is -0.384. The van der Waals surface area contributed by atoms with Gasteiger partial charge >= 0.3 is 5.97 Å². The molecule has 2 amide bonds. The summed E-state index contributed by atoms with van der Waals surface area (Å²) in [6, 6.07) is 8.33. The first-order valence-corrected chi connectivity index (χ1v) is 8.93. The number of amides is 2. The fraction of sp³-hybridized carbons (Fsp3) is 0.250. The fourth-order valence-corrected chi connectivity index (χ4v) is 2.82.